The molecule has 5 atom stereocenters. The van der Waals surface area contributed by atoms with Crippen molar-refractivity contribution in [3.05, 3.63) is 24.3 Å². The maximum absolute atomic E-state index is 9.87. The lowest BCUT2D eigenvalue weighted by molar-refractivity contribution is -0.205. The highest BCUT2D eigenvalue weighted by atomic mass is 32.2. The second-order valence-corrected chi connectivity index (χ2v) is 5.56. The Morgan fingerprint density at radius 2 is 1.68 bits per heavy atom. The molecule has 2 rings (SSSR count). The molecule has 19 heavy (non-hydrogen) atoms. The molecule has 0 aliphatic carbocycles. The maximum atomic E-state index is 9.87. The van der Waals surface area contributed by atoms with Crippen molar-refractivity contribution >= 4 is 17.4 Å². The van der Waals surface area contributed by atoms with Crippen LogP contribution < -0.4 is 5.73 Å². The molecule has 6 nitrogen and oxygen atoms in total. The summed E-state index contributed by atoms with van der Waals surface area (Å²) in [6.07, 6.45) is -4.80. The molecule has 6 N–H and O–H groups in total. The first kappa shape index (κ1) is 14.6. The zero-order valence-corrected chi connectivity index (χ0v) is 10.9. The van der Waals surface area contributed by atoms with E-state index < -0.39 is 36.5 Å². The molecule has 1 heterocycles. The molecule has 1 aromatic carbocycles. The van der Waals surface area contributed by atoms with Gasteiger partial charge in [0.05, 0.1) is 6.61 Å². The van der Waals surface area contributed by atoms with E-state index in [9.17, 15) is 15.3 Å². The third-order valence-corrected chi connectivity index (χ3v) is 4.15. The molecule has 1 aromatic rings. The molecule has 1 saturated heterocycles. The average molecular weight is 287 g/mol. The molecular formula is C12H17NO5S. The van der Waals surface area contributed by atoms with Gasteiger partial charge in [0.15, 0.2) is 0 Å². The molecule has 0 radical (unpaired) electrons. The molecule has 106 valence electrons. The van der Waals surface area contributed by atoms with Crippen molar-refractivity contribution in [1.82, 2.24) is 0 Å². The number of ether oxygens (including phenoxy) is 1. The van der Waals surface area contributed by atoms with Gasteiger partial charge in [-0.2, -0.15) is 0 Å². The Kier molecular flexibility index (Phi) is 4.67. The van der Waals surface area contributed by atoms with Crippen LogP contribution in [-0.2, 0) is 4.74 Å². The predicted molar refractivity (Wildman–Crippen MR) is 70.5 cm³/mol. The standard InChI is InChI=1S/C12H17NO5S/c13-6-1-3-7(4-2-6)19-12-11(17)10(16)9(15)8(5-14)18-12/h1-4,8-12,14-17H,5,13H2/t8?,9-,10+,11-,12+/m1/s1. The molecule has 0 spiro atoms. The summed E-state index contributed by atoms with van der Waals surface area (Å²) in [5.41, 5.74) is 5.43. The van der Waals surface area contributed by atoms with Crippen LogP contribution in [-0.4, -0.2) is 56.9 Å². The van der Waals surface area contributed by atoms with E-state index in [1.165, 1.54) is 11.8 Å². The number of nitrogen functional groups attached to an aromatic ring is 1. The molecule has 1 unspecified atom stereocenters. The Balaban J connectivity index is 2.08. The Labute approximate surface area is 114 Å². The van der Waals surface area contributed by atoms with E-state index in [1.807, 2.05) is 0 Å². The van der Waals surface area contributed by atoms with Crippen molar-refractivity contribution in [2.75, 3.05) is 12.3 Å². The Bertz CT molecular complexity index is 413. The Morgan fingerprint density at radius 3 is 2.26 bits per heavy atom. The van der Waals surface area contributed by atoms with E-state index in [1.54, 1.807) is 24.3 Å². The second kappa shape index (κ2) is 6.08. The number of rotatable bonds is 3. The Morgan fingerprint density at radius 1 is 1.05 bits per heavy atom. The van der Waals surface area contributed by atoms with Crippen LogP contribution in [0.5, 0.6) is 0 Å². The first-order valence-electron chi connectivity index (χ1n) is 5.85. The van der Waals surface area contributed by atoms with Crippen LogP contribution in [0.25, 0.3) is 0 Å². The van der Waals surface area contributed by atoms with Crippen molar-refractivity contribution < 1.29 is 25.2 Å². The summed E-state index contributed by atoms with van der Waals surface area (Å²) < 4.78 is 5.39. The van der Waals surface area contributed by atoms with E-state index in [0.29, 0.717) is 5.69 Å². The number of hydrogen-bond acceptors (Lipinski definition) is 7. The van der Waals surface area contributed by atoms with Crippen molar-refractivity contribution in [3.63, 3.8) is 0 Å². The van der Waals surface area contributed by atoms with Crippen LogP contribution in [0.4, 0.5) is 5.69 Å². The number of thioether (sulfide) groups is 1. The van der Waals surface area contributed by atoms with E-state index in [-0.39, 0.29) is 0 Å². The van der Waals surface area contributed by atoms with Crippen LogP contribution in [0.3, 0.4) is 0 Å². The van der Waals surface area contributed by atoms with Crippen molar-refractivity contribution in [3.8, 4) is 0 Å². The topological polar surface area (TPSA) is 116 Å². The molecule has 7 heteroatoms. The highest BCUT2D eigenvalue weighted by Gasteiger charge is 2.43. The highest BCUT2D eigenvalue weighted by molar-refractivity contribution is 7.99. The largest absolute Gasteiger partial charge is 0.399 e. The summed E-state index contributed by atoms with van der Waals surface area (Å²) in [4.78, 5) is 0.804. The molecule has 1 aliphatic rings. The lowest BCUT2D eigenvalue weighted by atomic mass is 10.0. The molecule has 0 aromatic heterocycles. The van der Waals surface area contributed by atoms with Gasteiger partial charge < -0.3 is 30.9 Å². The van der Waals surface area contributed by atoms with Crippen LogP contribution in [0.15, 0.2) is 29.2 Å². The normalized spacial score (nSPS) is 35.3. The summed E-state index contributed by atoms with van der Waals surface area (Å²) in [6, 6.07) is 6.96. The van der Waals surface area contributed by atoms with Gasteiger partial charge in [-0.05, 0) is 24.3 Å². The highest BCUT2D eigenvalue weighted by Crippen LogP contribution is 2.33. The predicted octanol–water partition coefficient (Wildman–Crippen LogP) is -0.839. The average Bonchev–Trinajstić information content (AvgIpc) is 2.42. The molecule has 0 amide bonds. The summed E-state index contributed by atoms with van der Waals surface area (Å²) >= 11 is 1.20. The van der Waals surface area contributed by atoms with Crippen LogP contribution >= 0.6 is 11.8 Å². The Hall–Kier alpha value is -0.830. The molecule has 1 fully saturated rings. The number of hydrogen-bond donors (Lipinski definition) is 5. The first-order valence-corrected chi connectivity index (χ1v) is 6.73. The molecule has 1 aliphatic heterocycles. The number of anilines is 1. The summed E-state index contributed by atoms with van der Waals surface area (Å²) in [5, 5.41) is 38.3. The third kappa shape index (κ3) is 3.19. The van der Waals surface area contributed by atoms with Crippen molar-refractivity contribution in [1.29, 1.82) is 0 Å². The van der Waals surface area contributed by atoms with Gasteiger partial charge in [0.2, 0.25) is 0 Å². The smallest absolute Gasteiger partial charge is 0.136 e. The van der Waals surface area contributed by atoms with Crippen LogP contribution in [0.2, 0.25) is 0 Å². The fraction of sp³-hybridized carbons (Fsp3) is 0.500. The van der Waals surface area contributed by atoms with Gasteiger partial charge >= 0.3 is 0 Å². The number of aliphatic hydroxyl groups is 4. The first-order chi connectivity index (χ1) is 9.02. The number of benzene rings is 1. The van der Waals surface area contributed by atoms with Crippen LogP contribution in [0, 0.1) is 0 Å². The van der Waals surface area contributed by atoms with Gasteiger partial charge in [-0.25, -0.2) is 0 Å². The summed E-state index contributed by atoms with van der Waals surface area (Å²) in [5.74, 6) is 0. The second-order valence-electron chi connectivity index (χ2n) is 4.38. The van der Waals surface area contributed by atoms with E-state index in [2.05, 4.69) is 0 Å². The monoisotopic (exact) mass is 287 g/mol. The molecule has 0 saturated carbocycles. The minimum Gasteiger partial charge on any atom is -0.399 e. The number of nitrogens with two attached hydrogens (primary N) is 1. The summed E-state index contributed by atoms with van der Waals surface area (Å²) in [7, 11) is 0. The zero-order valence-electron chi connectivity index (χ0n) is 10.1. The van der Waals surface area contributed by atoms with E-state index in [0.717, 1.165) is 4.90 Å². The minimum atomic E-state index is -1.35. The maximum Gasteiger partial charge on any atom is 0.136 e. The zero-order chi connectivity index (χ0) is 14.0. The third-order valence-electron chi connectivity index (χ3n) is 2.98. The number of aliphatic hydroxyl groups excluding tert-OH is 4. The quantitative estimate of drug-likeness (QED) is 0.460. The van der Waals surface area contributed by atoms with E-state index in [4.69, 9.17) is 15.6 Å². The van der Waals surface area contributed by atoms with Gasteiger partial charge in [0, 0.05) is 10.6 Å². The van der Waals surface area contributed by atoms with Gasteiger partial charge in [-0.15, -0.1) is 0 Å². The fourth-order valence-corrected chi connectivity index (χ4v) is 2.91. The summed E-state index contributed by atoms with van der Waals surface area (Å²) in [6.45, 7) is -0.427. The van der Waals surface area contributed by atoms with Gasteiger partial charge in [0.25, 0.3) is 0 Å². The molecular weight excluding hydrogens is 270 g/mol. The van der Waals surface area contributed by atoms with Gasteiger partial charge in [0.1, 0.15) is 29.9 Å². The van der Waals surface area contributed by atoms with E-state index >= 15 is 0 Å². The lowest BCUT2D eigenvalue weighted by Gasteiger charge is -2.39. The fourth-order valence-electron chi connectivity index (χ4n) is 1.85. The van der Waals surface area contributed by atoms with Crippen molar-refractivity contribution in [2.45, 2.75) is 34.7 Å². The van der Waals surface area contributed by atoms with Crippen LogP contribution in [0.1, 0.15) is 0 Å². The molecule has 0 bridgehead atoms. The van der Waals surface area contributed by atoms with Gasteiger partial charge in [-0.1, -0.05) is 11.8 Å². The van der Waals surface area contributed by atoms with Crippen molar-refractivity contribution in [2.24, 2.45) is 0 Å². The lowest BCUT2D eigenvalue weighted by Crippen LogP contribution is -2.57. The minimum absolute atomic E-state index is 0.427. The SMILES string of the molecule is Nc1ccc(S[C@@H]2OC(CO)[C@@H](O)[C@H](O)[C@H]2O)cc1. The van der Waals surface area contributed by atoms with Gasteiger partial charge in [-0.3, -0.25) is 0 Å².